The molecular weight excluding hydrogens is 268 g/mol. The maximum absolute atomic E-state index is 9.91. The van der Waals surface area contributed by atoms with E-state index in [1.807, 2.05) is 0 Å². The number of hydrogen-bond donors (Lipinski definition) is 1. The molecule has 0 amide bonds. The lowest BCUT2D eigenvalue weighted by Crippen LogP contribution is -2.39. The van der Waals surface area contributed by atoms with Gasteiger partial charge in [0.1, 0.15) is 0 Å². The highest BCUT2D eigenvalue weighted by Gasteiger charge is 2.22. The van der Waals surface area contributed by atoms with Crippen molar-refractivity contribution in [2.24, 2.45) is 5.10 Å². The number of phenols is 1. The largest absolute Gasteiger partial charge is 0.502 e. The van der Waals surface area contributed by atoms with E-state index in [2.05, 4.69) is 24.0 Å². The second-order valence-corrected chi connectivity index (χ2v) is 5.53. The Hall–Kier alpha value is -1.91. The molecule has 1 fully saturated rings. The van der Waals surface area contributed by atoms with Gasteiger partial charge in [0.05, 0.1) is 20.4 Å². The van der Waals surface area contributed by atoms with Gasteiger partial charge in [0.2, 0.25) is 5.75 Å². The first kappa shape index (κ1) is 15.5. The van der Waals surface area contributed by atoms with E-state index < -0.39 is 0 Å². The first-order chi connectivity index (χ1) is 10.1. The van der Waals surface area contributed by atoms with Gasteiger partial charge in [0.15, 0.2) is 11.5 Å². The number of benzene rings is 1. The second-order valence-electron chi connectivity index (χ2n) is 5.53. The number of rotatable bonds is 4. The molecule has 0 spiro atoms. The van der Waals surface area contributed by atoms with Crippen LogP contribution in [0.3, 0.4) is 0 Å². The van der Waals surface area contributed by atoms with Crippen LogP contribution < -0.4 is 9.47 Å². The maximum Gasteiger partial charge on any atom is 0.200 e. The number of hydrazone groups is 1. The zero-order valence-corrected chi connectivity index (χ0v) is 13.2. The van der Waals surface area contributed by atoms with E-state index in [0.29, 0.717) is 23.6 Å². The van der Waals surface area contributed by atoms with Gasteiger partial charge in [-0.1, -0.05) is 0 Å². The molecule has 5 nitrogen and oxygen atoms in total. The van der Waals surface area contributed by atoms with Crippen molar-refractivity contribution in [2.45, 2.75) is 45.2 Å². The third kappa shape index (κ3) is 3.40. The quantitative estimate of drug-likeness (QED) is 0.867. The SMILES string of the molecule is COc1cc(/C=N/N2[C@H](C)CCC[C@@H]2C)cc(OC)c1O. The molecule has 2 atom stereocenters. The number of phenolic OH excluding ortho intramolecular Hbond substituents is 1. The minimum absolute atomic E-state index is 0.0110. The van der Waals surface area contributed by atoms with Gasteiger partial charge in [0.25, 0.3) is 0 Å². The molecule has 21 heavy (non-hydrogen) atoms. The molecule has 0 unspecified atom stereocenters. The summed E-state index contributed by atoms with van der Waals surface area (Å²) in [5.74, 6) is 0.781. The Morgan fingerprint density at radius 2 is 1.67 bits per heavy atom. The van der Waals surface area contributed by atoms with Crippen LogP contribution >= 0.6 is 0 Å². The third-order valence-corrected chi connectivity index (χ3v) is 3.99. The number of ether oxygens (including phenoxy) is 2. The fourth-order valence-corrected chi connectivity index (χ4v) is 2.76. The molecule has 116 valence electrons. The van der Waals surface area contributed by atoms with Gasteiger partial charge < -0.3 is 14.6 Å². The van der Waals surface area contributed by atoms with Crippen LogP contribution in [0.1, 0.15) is 38.7 Å². The number of piperidine rings is 1. The summed E-state index contributed by atoms with van der Waals surface area (Å²) in [7, 11) is 3.04. The summed E-state index contributed by atoms with van der Waals surface area (Å²) in [6, 6.07) is 4.40. The van der Waals surface area contributed by atoms with Crippen LogP contribution in [0.2, 0.25) is 0 Å². The molecule has 1 aromatic rings. The Morgan fingerprint density at radius 1 is 1.14 bits per heavy atom. The maximum atomic E-state index is 9.91. The lowest BCUT2D eigenvalue weighted by atomic mass is 10.00. The molecule has 0 saturated carbocycles. The topological polar surface area (TPSA) is 54.3 Å². The number of aromatic hydroxyl groups is 1. The Morgan fingerprint density at radius 3 is 2.14 bits per heavy atom. The summed E-state index contributed by atoms with van der Waals surface area (Å²) in [6.45, 7) is 4.40. The van der Waals surface area contributed by atoms with Crippen LogP contribution in [0.25, 0.3) is 0 Å². The minimum Gasteiger partial charge on any atom is -0.502 e. The van der Waals surface area contributed by atoms with E-state index in [4.69, 9.17) is 9.47 Å². The number of methoxy groups -OCH3 is 2. The van der Waals surface area contributed by atoms with Crippen LogP contribution in [0.4, 0.5) is 0 Å². The highest BCUT2D eigenvalue weighted by Crippen LogP contribution is 2.36. The van der Waals surface area contributed by atoms with Crippen molar-refractivity contribution in [3.63, 3.8) is 0 Å². The zero-order chi connectivity index (χ0) is 15.4. The predicted octanol–water partition coefficient (Wildman–Crippen LogP) is 3.01. The zero-order valence-electron chi connectivity index (χ0n) is 13.2. The van der Waals surface area contributed by atoms with Gasteiger partial charge in [-0.15, -0.1) is 0 Å². The summed E-state index contributed by atoms with van der Waals surface area (Å²) in [6.07, 6.45) is 5.39. The molecule has 0 aromatic heterocycles. The molecule has 2 rings (SSSR count). The lowest BCUT2D eigenvalue weighted by Gasteiger charge is -2.36. The summed E-state index contributed by atoms with van der Waals surface area (Å²) in [4.78, 5) is 0. The van der Waals surface area contributed by atoms with Gasteiger partial charge in [-0.05, 0) is 45.2 Å². The fourth-order valence-electron chi connectivity index (χ4n) is 2.76. The number of nitrogens with zero attached hydrogens (tertiary/aromatic N) is 2. The summed E-state index contributed by atoms with van der Waals surface area (Å²) in [5, 5.41) is 16.7. The molecule has 1 aliphatic rings. The standard InChI is InChI=1S/C16H24N2O3/c1-11-6-5-7-12(2)18(11)17-10-13-8-14(20-3)16(19)15(9-13)21-4/h8-12,19H,5-7H2,1-4H3/b17-10+/t11-,12+. The van der Waals surface area contributed by atoms with Crippen LogP contribution in [0.5, 0.6) is 17.2 Å². The van der Waals surface area contributed by atoms with Crippen molar-refractivity contribution >= 4 is 6.21 Å². The molecule has 1 aromatic carbocycles. The number of hydrogen-bond acceptors (Lipinski definition) is 5. The smallest absolute Gasteiger partial charge is 0.200 e. The van der Waals surface area contributed by atoms with Crippen LogP contribution in [-0.4, -0.2) is 42.6 Å². The van der Waals surface area contributed by atoms with Crippen LogP contribution in [0.15, 0.2) is 17.2 Å². The van der Waals surface area contributed by atoms with E-state index in [1.54, 1.807) is 18.3 Å². The average Bonchev–Trinajstić information content (AvgIpc) is 2.48. The van der Waals surface area contributed by atoms with Crippen molar-refractivity contribution < 1.29 is 14.6 Å². The van der Waals surface area contributed by atoms with Gasteiger partial charge in [-0.25, -0.2) is 0 Å². The molecular formula is C16H24N2O3. The van der Waals surface area contributed by atoms with Crippen molar-refractivity contribution in [1.82, 2.24) is 5.01 Å². The van der Waals surface area contributed by atoms with Gasteiger partial charge >= 0.3 is 0 Å². The summed E-state index contributed by atoms with van der Waals surface area (Å²) < 4.78 is 10.3. The minimum atomic E-state index is 0.0110. The Bertz CT molecular complexity index is 481. The lowest BCUT2D eigenvalue weighted by molar-refractivity contribution is 0.109. The molecule has 5 heteroatoms. The van der Waals surface area contributed by atoms with Gasteiger partial charge in [-0.2, -0.15) is 5.10 Å². The fraction of sp³-hybridized carbons (Fsp3) is 0.562. The highest BCUT2D eigenvalue weighted by atomic mass is 16.5. The van der Waals surface area contributed by atoms with Gasteiger partial charge in [-0.3, -0.25) is 5.01 Å². The van der Waals surface area contributed by atoms with Crippen molar-refractivity contribution in [3.05, 3.63) is 17.7 Å². The van der Waals surface area contributed by atoms with Crippen LogP contribution in [0, 0.1) is 0 Å². The molecule has 1 aliphatic heterocycles. The van der Waals surface area contributed by atoms with Crippen molar-refractivity contribution in [2.75, 3.05) is 14.2 Å². The molecule has 0 aliphatic carbocycles. The Labute approximate surface area is 126 Å². The van der Waals surface area contributed by atoms with E-state index in [0.717, 1.165) is 5.56 Å². The molecule has 1 N–H and O–H groups in total. The summed E-state index contributed by atoms with van der Waals surface area (Å²) >= 11 is 0. The first-order valence-corrected chi connectivity index (χ1v) is 7.34. The molecule has 1 saturated heterocycles. The normalized spacial score (nSPS) is 22.6. The van der Waals surface area contributed by atoms with Crippen molar-refractivity contribution in [1.29, 1.82) is 0 Å². The van der Waals surface area contributed by atoms with E-state index in [1.165, 1.54) is 33.5 Å². The molecule has 1 heterocycles. The summed E-state index contributed by atoms with van der Waals surface area (Å²) in [5.41, 5.74) is 0.839. The van der Waals surface area contributed by atoms with E-state index in [9.17, 15) is 5.11 Å². The Kier molecular flexibility index (Phi) is 4.94. The molecule has 0 bridgehead atoms. The predicted molar refractivity (Wildman–Crippen MR) is 83.4 cm³/mol. The third-order valence-electron chi connectivity index (χ3n) is 3.99. The average molecular weight is 292 g/mol. The molecule has 0 radical (unpaired) electrons. The van der Waals surface area contributed by atoms with E-state index in [-0.39, 0.29) is 5.75 Å². The van der Waals surface area contributed by atoms with Crippen molar-refractivity contribution in [3.8, 4) is 17.2 Å². The van der Waals surface area contributed by atoms with Crippen LogP contribution in [-0.2, 0) is 0 Å². The highest BCUT2D eigenvalue weighted by molar-refractivity contribution is 5.82. The van der Waals surface area contributed by atoms with Gasteiger partial charge in [0, 0.05) is 17.6 Å². The Balaban J connectivity index is 2.24. The second kappa shape index (κ2) is 6.70. The monoisotopic (exact) mass is 292 g/mol. The van der Waals surface area contributed by atoms with E-state index >= 15 is 0 Å². The first-order valence-electron chi connectivity index (χ1n) is 7.34.